The molecular weight excluding hydrogens is 356 g/mol. The highest BCUT2D eigenvalue weighted by Gasteiger charge is 2.15. The van der Waals surface area contributed by atoms with Crippen LogP contribution in [0.3, 0.4) is 0 Å². The Morgan fingerprint density at radius 1 is 1.00 bits per heavy atom. The van der Waals surface area contributed by atoms with Gasteiger partial charge < -0.3 is 15.4 Å². The Labute approximate surface area is 161 Å². The maximum Gasteiger partial charge on any atom is 0.339 e. The lowest BCUT2D eigenvalue weighted by molar-refractivity contribution is 0.0602. The fourth-order valence-corrected chi connectivity index (χ4v) is 2.46. The number of para-hydroxylation sites is 1. The summed E-state index contributed by atoms with van der Waals surface area (Å²) in [7, 11) is 1.28. The minimum atomic E-state index is -0.536. The topological polar surface area (TPSA) is 104 Å². The summed E-state index contributed by atoms with van der Waals surface area (Å²) in [6.45, 7) is 0. The first-order valence-electron chi connectivity index (χ1n) is 8.32. The molecule has 2 N–H and O–H groups in total. The minimum Gasteiger partial charge on any atom is -0.465 e. The van der Waals surface area contributed by atoms with Crippen LogP contribution in [0.2, 0.25) is 0 Å². The molecule has 0 saturated heterocycles. The monoisotopic (exact) mass is 372 g/mol. The molecule has 138 valence electrons. The Morgan fingerprint density at radius 2 is 1.71 bits per heavy atom. The third-order valence-electron chi connectivity index (χ3n) is 3.88. The number of aromatic nitrogens is 1. The number of pyridine rings is 1. The van der Waals surface area contributed by atoms with E-state index >= 15 is 0 Å². The van der Waals surface area contributed by atoms with Gasteiger partial charge in [-0.25, -0.2) is 9.78 Å². The standard InChI is InChI=1S/C21H16N4O3/c1-28-21(27)17-4-2-3-5-18(17)25-20(26)19-11-10-16(13-23-19)24-15-8-6-14(12-22)7-9-15/h2-11,13,24H,1H3,(H,25,26). The molecule has 28 heavy (non-hydrogen) atoms. The molecule has 0 atom stereocenters. The van der Waals surface area contributed by atoms with Crippen LogP contribution in [-0.2, 0) is 4.74 Å². The Morgan fingerprint density at radius 3 is 2.36 bits per heavy atom. The third kappa shape index (κ3) is 4.31. The van der Waals surface area contributed by atoms with Crippen LogP contribution in [0.15, 0.2) is 66.9 Å². The summed E-state index contributed by atoms with van der Waals surface area (Å²) >= 11 is 0. The Hall–Kier alpha value is -4.18. The summed E-state index contributed by atoms with van der Waals surface area (Å²) in [5.74, 6) is -0.980. The number of ether oxygens (including phenoxy) is 1. The molecule has 0 fully saturated rings. The molecule has 0 unspecified atom stereocenters. The lowest BCUT2D eigenvalue weighted by atomic mass is 10.1. The average Bonchev–Trinajstić information content (AvgIpc) is 2.74. The summed E-state index contributed by atoms with van der Waals surface area (Å²) in [4.78, 5) is 28.4. The molecule has 3 rings (SSSR count). The van der Waals surface area contributed by atoms with E-state index in [4.69, 9.17) is 10.00 Å². The summed E-state index contributed by atoms with van der Waals surface area (Å²) in [5, 5.41) is 14.6. The van der Waals surface area contributed by atoms with Gasteiger partial charge in [0.2, 0.25) is 0 Å². The Kier molecular flexibility index (Phi) is 5.63. The number of carbonyl (C=O) groups is 2. The zero-order valence-corrected chi connectivity index (χ0v) is 15.0. The van der Waals surface area contributed by atoms with Gasteiger partial charge >= 0.3 is 5.97 Å². The summed E-state index contributed by atoms with van der Waals surface area (Å²) in [6.07, 6.45) is 1.53. The number of hydrogen-bond donors (Lipinski definition) is 2. The molecule has 0 radical (unpaired) electrons. The van der Waals surface area contributed by atoms with Crippen LogP contribution >= 0.6 is 0 Å². The second-order valence-electron chi connectivity index (χ2n) is 5.74. The van der Waals surface area contributed by atoms with E-state index in [1.807, 2.05) is 0 Å². The lowest BCUT2D eigenvalue weighted by Crippen LogP contribution is -2.16. The zero-order valence-electron chi connectivity index (χ0n) is 15.0. The van der Waals surface area contributed by atoms with Crippen molar-refractivity contribution in [1.29, 1.82) is 5.26 Å². The predicted molar refractivity (Wildman–Crippen MR) is 104 cm³/mol. The van der Waals surface area contributed by atoms with E-state index in [0.29, 0.717) is 16.9 Å². The fraction of sp³-hybridized carbons (Fsp3) is 0.0476. The van der Waals surface area contributed by atoms with Crippen molar-refractivity contribution in [3.63, 3.8) is 0 Å². The molecule has 0 aliphatic heterocycles. The van der Waals surface area contributed by atoms with E-state index in [9.17, 15) is 9.59 Å². The molecule has 2 aromatic carbocycles. The highest BCUT2D eigenvalue weighted by molar-refractivity contribution is 6.07. The van der Waals surface area contributed by atoms with Crippen molar-refractivity contribution in [2.45, 2.75) is 0 Å². The van der Waals surface area contributed by atoms with Crippen molar-refractivity contribution in [2.75, 3.05) is 17.7 Å². The van der Waals surface area contributed by atoms with Gasteiger partial charge in [0.05, 0.1) is 41.9 Å². The number of amides is 1. The van der Waals surface area contributed by atoms with Crippen LogP contribution in [0, 0.1) is 11.3 Å². The van der Waals surface area contributed by atoms with Gasteiger partial charge in [-0.05, 0) is 48.5 Å². The molecule has 1 aromatic heterocycles. The van der Waals surface area contributed by atoms with E-state index in [2.05, 4.69) is 21.7 Å². The van der Waals surface area contributed by atoms with Gasteiger partial charge in [0.15, 0.2) is 0 Å². The van der Waals surface area contributed by atoms with Crippen molar-refractivity contribution in [1.82, 2.24) is 4.98 Å². The highest BCUT2D eigenvalue weighted by Crippen LogP contribution is 2.19. The van der Waals surface area contributed by atoms with Crippen molar-refractivity contribution >= 4 is 28.9 Å². The van der Waals surface area contributed by atoms with Gasteiger partial charge in [0.25, 0.3) is 5.91 Å². The van der Waals surface area contributed by atoms with Gasteiger partial charge in [-0.1, -0.05) is 12.1 Å². The number of nitrogens with one attached hydrogen (secondary N) is 2. The Balaban J connectivity index is 1.70. The molecule has 3 aromatic rings. The molecule has 0 saturated carbocycles. The summed E-state index contributed by atoms with van der Waals surface area (Å²) in [5.41, 5.74) is 2.87. The molecular formula is C21H16N4O3. The van der Waals surface area contributed by atoms with Crippen LogP contribution < -0.4 is 10.6 Å². The lowest BCUT2D eigenvalue weighted by Gasteiger charge is -2.10. The first kappa shape index (κ1) is 18.6. The van der Waals surface area contributed by atoms with E-state index in [1.165, 1.54) is 13.3 Å². The summed E-state index contributed by atoms with van der Waals surface area (Å²) < 4.78 is 4.72. The average molecular weight is 372 g/mol. The molecule has 1 heterocycles. The third-order valence-corrected chi connectivity index (χ3v) is 3.88. The number of methoxy groups -OCH3 is 1. The van der Waals surface area contributed by atoms with Crippen LogP contribution in [0.1, 0.15) is 26.4 Å². The number of anilines is 3. The highest BCUT2D eigenvalue weighted by atomic mass is 16.5. The van der Waals surface area contributed by atoms with Crippen LogP contribution in [0.4, 0.5) is 17.1 Å². The van der Waals surface area contributed by atoms with Crippen molar-refractivity contribution in [3.05, 3.63) is 83.7 Å². The predicted octanol–water partition coefficient (Wildman–Crippen LogP) is 3.74. The smallest absolute Gasteiger partial charge is 0.339 e. The molecule has 0 spiro atoms. The van der Waals surface area contributed by atoms with Gasteiger partial charge in [-0.15, -0.1) is 0 Å². The van der Waals surface area contributed by atoms with Crippen molar-refractivity contribution in [2.24, 2.45) is 0 Å². The molecule has 0 aliphatic carbocycles. The van der Waals surface area contributed by atoms with Crippen LogP contribution in [-0.4, -0.2) is 24.0 Å². The number of hydrogen-bond acceptors (Lipinski definition) is 6. The number of benzene rings is 2. The molecule has 7 nitrogen and oxygen atoms in total. The number of nitrogens with zero attached hydrogens (tertiary/aromatic N) is 2. The van der Waals surface area contributed by atoms with Gasteiger partial charge in [-0.3, -0.25) is 4.79 Å². The molecule has 7 heteroatoms. The number of nitriles is 1. The number of esters is 1. The van der Waals surface area contributed by atoms with Gasteiger partial charge in [0, 0.05) is 5.69 Å². The van der Waals surface area contributed by atoms with E-state index in [1.54, 1.807) is 60.7 Å². The first-order valence-corrected chi connectivity index (χ1v) is 8.32. The normalized spacial score (nSPS) is 9.86. The van der Waals surface area contributed by atoms with E-state index in [0.717, 1.165) is 5.69 Å². The minimum absolute atomic E-state index is 0.199. The number of rotatable bonds is 5. The maximum absolute atomic E-state index is 12.4. The molecule has 1 amide bonds. The SMILES string of the molecule is COC(=O)c1ccccc1NC(=O)c1ccc(Nc2ccc(C#N)cc2)cn1. The van der Waals surface area contributed by atoms with E-state index in [-0.39, 0.29) is 11.3 Å². The first-order chi connectivity index (χ1) is 13.6. The second-order valence-corrected chi connectivity index (χ2v) is 5.74. The van der Waals surface area contributed by atoms with Crippen LogP contribution in [0.5, 0.6) is 0 Å². The van der Waals surface area contributed by atoms with Crippen molar-refractivity contribution < 1.29 is 14.3 Å². The van der Waals surface area contributed by atoms with Gasteiger partial charge in [0.1, 0.15) is 5.69 Å². The molecule has 0 bridgehead atoms. The quantitative estimate of drug-likeness (QED) is 0.661. The molecule has 0 aliphatic rings. The zero-order chi connectivity index (χ0) is 19.9. The fourth-order valence-electron chi connectivity index (χ4n) is 2.46. The van der Waals surface area contributed by atoms with E-state index < -0.39 is 11.9 Å². The van der Waals surface area contributed by atoms with Crippen molar-refractivity contribution in [3.8, 4) is 6.07 Å². The number of carbonyl (C=O) groups excluding carboxylic acids is 2. The second kappa shape index (κ2) is 8.47. The summed E-state index contributed by atoms with van der Waals surface area (Å²) in [6, 6.07) is 18.9. The maximum atomic E-state index is 12.4. The van der Waals surface area contributed by atoms with Crippen LogP contribution in [0.25, 0.3) is 0 Å². The van der Waals surface area contributed by atoms with Gasteiger partial charge in [-0.2, -0.15) is 5.26 Å². The Bertz CT molecular complexity index is 1040. The largest absolute Gasteiger partial charge is 0.465 e.